The molecule has 0 heterocycles. The van der Waals surface area contributed by atoms with Crippen LogP contribution >= 0.6 is 0 Å². The fourth-order valence-corrected chi connectivity index (χ4v) is 4.84. The molecule has 0 spiro atoms. The van der Waals surface area contributed by atoms with Crippen molar-refractivity contribution in [2.24, 2.45) is 0 Å². The molecule has 4 heteroatoms. The summed E-state index contributed by atoms with van der Waals surface area (Å²) in [5.74, 6) is -0.0414. The van der Waals surface area contributed by atoms with E-state index < -0.39 is 9.84 Å². The van der Waals surface area contributed by atoms with Gasteiger partial charge in [0.05, 0.1) is 9.80 Å². The van der Waals surface area contributed by atoms with Crippen molar-refractivity contribution < 1.29 is 13.2 Å². The minimum absolute atomic E-state index is 0.0414. The molecule has 0 fully saturated rings. The first-order valence-electron chi connectivity index (χ1n) is 6.97. The monoisotopic (exact) mass is 308 g/mol. The molecule has 2 aromatic rings. The Bertz CT molecular complexity index is 964. The number of fused-ring (bicyclic) bond motifs is 3. The SMILES string of the molecule is O=C1C=C2C(=C(S(=O)(=O)c3ccccc3)c3ccccc32)C1. The summed E-state index contributed by atoms with van der Waals surface area (Å²) in [5.41, 5.74) is 2.92. The molecule has 0 amide bonds. The van der Waals surface area contributed by atoms with Gasteiger partial charge in [0.1, 0.15) is 0 Å². The molecule has 0 saturated carbocycles. The van der Waals surface area contributed by atoms with Crippen molar-refractivity contribution >= 4 is 26.1 Å². The van der Waals surface area contributed by atoms with Crippen molar-refractivity contribution in [1.29, 1.82) is 0 Å². The standard InChI is InChI=1S/C18H12O3S/c19-12-10-16-14-8-4-5-9-15(14)18(17(16)11-12)22(20,21)13-6-2-1-3-7-13/h1-10H,11H2. The molecule has 2 aliphatic rings. The zero-order valence-electron chi connectivity index (χ0n) is 11.6. The van der Waals surface area contributed by atoms with Crippen LogP contribution in [0.5, 0.6) is 0 Å². The molecule has 3 nitrogen and oxygen atoms in total. The molecule has 4 rings (SSSR count). The number of rotatable bonds is 2. The highest BCUT2D eigenvalue weighted by atomic mass is 32.2. The Morgan fingerprint density at radius 2 is 1.45 bits per heavy atom. The van der Waals surface area contributed by atoms with Crippen LogP contribution in [0.2, 0.25) is 0 Å². The average Bonchev–Trinajstić information content (AvgIpc) is 3.03. The third-order valence-electron chi connectivity index (χ3n) is 4.04. The number of carbonyl (C=O) groups is 1. The fourth-order valence-electron chi connectivity index (χ4n) is 3.11. The average molecular weight is 308 g/mol. The molecule has 2 aromatic carbocycles. The molecule has 0 aliphatic heterocycles. The van der Waals surface area contributed by atoms with E-state index in [0.717, 1.165) is 11.1 Å². The van der Waals surface area contributed by atoms with Crippen LogP contribution in [0.25, 0.3) is 10.5 Å². The zero-order chi connectivity index (χ0) is 15.3. The predicted octanol–water partition coefficient (Wildman–Crippen LogP) is 3.24. The van der Waals surface area contributed by atoms with Crippen LogP contribution in [0.3, 0.4) is 0 Å². The van der Waals surface area contributed by atoms with Crippen molar-refractivity contribution in [3.8, 4) is 0 Å². The normalized spacial score (nSPS) is 16.5. The first-order chi connectivity index (χ1) is 10.6. The summed E-state index contributed by atoms with van der Waals surface area (Å²) in [6.07, 6.45) is 1.72. The van der Waals surface area contributed by atoms with Gasteiger partial charge in [-0.3, -0.25) is 4.79 Å². The van der Waals surface area contributed by atoms with Crippen LogP contribution in [-0.2, 0) is 14.6 Å². The number of hydrogen-bond acceptors (Lipinski definition) is 3. The Labute approximate surface area is 128 Å². The Kier molecular flexibility index (Phi) is 2.71. The van der Waals surface area contributed by atoms with Gasteiger partial charge < -0.3 is 0 Å². The number of sulfone groups is 1. The summed E-state index contributed by atoms with van der Waals surface area (Å²) in [4.78, 5) is 12.3. The van der Waals surface area contributed by atoms with Crippen molar-refractivity contribution in [3.63, 3.8) is 0 Å². The number of carbonyl (C=O) groups excluding carboxylic acids is 1. The summed E-state index contributed by atoms with van der Waals surface area (Å²) in [5, 5.41) is 0. The Morgan fingerprint density at radius 1 is 0.818 bits per heavy atom. The van der Waals surface area contributed by atoms with Crippen molar-refractivity contribution in [3.05, 3.63) is 77.4 Å². The van der Waals surface area contributed by atoms with E-state index in [-0.39, 0.29) is 22.0 Å². The lowest BCUT2D eigenvalue weighted by Crippen LogP contribution is -2.05. The highest BCUT2D eigenvalue weighted by Gasteiger charge is 2.38. The zero-order valence-corrected chi connectivity index (χ0v) is 12.4. The van der Waals surface area contributed by atoms with Gasteiger partial charge in [-0.15, -0.1) is 0 Å². The van der Waals surface area contributed by atoms with Crippen molar-refractivity contribution in [1.82, 2.24) is 0 Å². The maximum atomic E-state index is 13.1. The van der Waals surface area contributed by atoms with Crippen LogP contribution in [0, 0.1) is 0 Å². The number of ketones is 1. The van der Waals surface area contributed by atoms with Gasteiger partial charge in [0, 0.05) is 12.0 Å². The van der Waals surface area contributed by atoms with Gasteiger partial charge in [-0.1, -0.05) is 42.5 Å². The smallest absolute Gasteiger partial charge is 0.207 e. The Balaban J connectivity index is 2.03. The second-order valence-corrected chi connectivity index (χ2v) is 7.26. The van der Waals surface area contributed by atoms with Gasteiger partial charge in [0.2, 0.25) is 9.84 Å². The molecule has 0 N–H and O–H groups in total. The van der Waals surface area contributed by atoms with Crippen LogP contribution < -0.4 is 0 Å². The summed E-state index contributed by atoms with van der Waals surface area (Å²) >= 11 is 0. The number of hydrogen-bond donors (Lipinski definition) is 0. The summed E-state index contributed by atoms with van der Waals surface area (Å²) in [7, 11) is -3.64. The first kappa shape index (κ1) is 13.2. The number of benzene rings is 2. The molecular weight excluding hydrogens is 296 g/mol. The van der Waals surface area contributed by atoms with Crippen LogP contribution in [0.4, 0.5) is 0 Å². The molecule has 0 unspecified atom stereocenters. The van der Waals surface area contributed by atoms with Gasteiger partial charge in [0.15, 0.2) is 5.78 Å². The van der Waals surface area contributed by atoms with Gasteiger partial charge >= 0.3 is 0 Å². The second-order valence-electron chi connectivity index (χ2n) is 5.37. The molecule has 2 aliphatic carbocycles. The maximum absolute atomic E-state index is 13.1. The molecular formula is C18H12O3S. The van der Waals surface area contributed by atoms with E-state index in [2.05, 4.69) is 0 Å². The van der Waals surface area contributed by atoms with Crippen molar-refractivity contribution in [2.45, 2.75) is 11.3 Å². The van der Waals surface area contributed by atoms with Gasteiger partial charge in [0.25, 0.3) is 0 Å². The van der Waals surface area contributed by atoms with Crippen molar-refractivity contribution in [2.75, 3.05) is 0 Å². The number of allylic oxidation sites excluding steroid dienone is 3. The Morgan fingerprint density at radius 3 is 2.18 bits per heavy atom. The van der Waals surface area contributed by atoms with Crippen LogP contribution in [-0.4, -0.2) is 14.2 Å². The lowest BCUT2D eigenvalue weighted by atomic mass is 10.1. The minimum Gasteiger partial charge on any atom is -0.294 e. The van der Waals surface area contributed by atoms with E-state index in [9.17, 15) is 13.2 Å². The first-order valence-corrected chi connectivity index (χ1v) is 8.45. The summed E-state index contributed by atoms with van der Waals surface area (Å²) in [6, 6.07) is 15.7. The van der Waals surface area contributed by atoms with E-state index in [1.54, 1.807) is 36.4 Å². The van der Waals surface area contributed by atoms with Crippen LogP contribution in [0.1, 0.15) is 17.5 Å². The van der Waals surface area contributed by atoms with Gasteiger partial charge in [-0.05, 0) is 34.9 Å². The van der Waals surface area contributed by atoms with Crippen LogP contribution in [0.15, 0.2) is 71.1 Å². The summed E-state index contributed by atoms with van der Waals surface area (Å²) in [6.45, 7) is 0. The molecule has 108 valence electrons. The molecule has 0 bridgehead atoms. The van der Waals surface area contributed by atoms with Gasteiger partial charge in [-0.2, -0.15) is 0 Å². The van der Waals surface area contributed by atoms with Gasteiger partial charge in [-0.25, -0.2) is 8.42 Å². The second kappa shape index (κ2) is 4.52. The minimum atomic E-state index is -3.64. The third kappa shape index (κ3) is 1.74. The molecule has 22 heavy (non-hydrogen) atoms. The molecule has 0 atom stereocenters. The van der Waals surface area contributed by atoms with E-state index in [0.29, 0.717) is 11.1 Å². The van der Waals surface area contributed by atoms with E-state index >= 15 is 0 Å². The lowest BCUT2D eigenvalue weighted by Gasteiger charge is -2.09. The highest BCUT2D eigenvalue weighted by molar-refractivity contribution is 8.00. The van der Waals surface area contributed by atoms with E-state index in [1.807, 2.05) is 24.3 Å². The maximum Gasteiger partial charge on any atom is 0.207 e. The quantitative estimate of drug-likeness (QED) is 0.856. The summed E-state index contributed by atoms with van der Waals surface area (Å²) < 4.78 is 26.1. The molecule has 0 aromatic heterocycles. The Hall–Kier alpha value is -2.46. The fraction of sp³-hybridized carbons (Fsp3) is 0.0556. The highest BCUT2D eigenvalue weighted by Crippen LogP contribution is 2.49. The largest absolute Gasteiger partial charge is 0.294 e. The lowest BCUT2D eigenvalue weighted by molar-refractivity contribution is -0.113. The predicted molar refractivity (Wildman–Crippen MR) is 84.6 cm³/mol. The van der Waals surface area contributed by atoms with E-state index in [4.69, 9.17) is 0 Å². The topological polar surface area (TPSA) is 51.2 Å². The molecule has 0 saturated heterocycles. The molecule has 0 radical (unpaired) electrons. The third-order valence-corrected chi connectivity index (χ3v) is 5.94. The van der Waals surface area contributed by atoms with E-state index in [1.165, 1.54) is 0 Å².